The summed E-state index contributed by atoms with van der Waals surface area (Å²) in [6.07, 6.45) is -0.399. The first-order valence-corrected chi connectivity index (χ1v) is 6.76. The molecule has 0 aromatic carbocycles. The number of hydrogen-bond donors (Lipinski definition) is 2. The van der Waals surface area contributed by atoms with E-state index >= 15 is 0 Å². The lowest BCUT2D eigenvalue weighted by molar-refractivity contribution is -0.149. The predicted molar refractivity (Wildman–Crippen MR) is 67.6 cm³/mol. The molecule has 20 heavy (non-hydrogen) atoms. The van der Waals surface area contributed by atoms with Crippen LogP contribution in [0.25, 0.3) is 0 Å². The van der Waals surface area contributed by atoms with Crippen molar-refractivity contribution in [2.75, 3.05) is 13.2 Å². The van der Waals surface area contributed by atoms with Crippen molar-refractivity contribution in [1.82, 2.24) is 5.32 Å². The van der Waals surface area contributed by atoms with Crippen LogP contribution in [0.15, 0.2) is 0 Å². The van der Waals surface area contributed by atoms with Crippen molar-refractivity contribution in [3.8, 4) is 0 Å². The molecule has 0 aromatic heterocycles. The number of halogens is 2. The van der Waals surface area contributed by atoms with Crippen molar-refractivity contribution in [1.29, 1.82) is 0 Å². The van der Waals surface area contributed by atoms with Crippen LogP contribution in [0.5, 0.6) is 0 Å². The maximum Gasteiger partial charge on any atom is 0.329 e. The summed E-state index contributed by atoms with van der Waals surface area (Å²) < 4.78 is 28.3. The van der Waals surface area contributed by atoms with Crippen molar-refractivity contribution in [3.63, 3.8) is 0 Å². The summed E-state index contributed by atoms with van der Waals surface area (Å²) in [6.45, 7) is 1.20. The molecule has 0 aromatic rings. The lowest BCUT2D eigenvalue weighted by atomic mass is 9.77. The number of carboxylic acid groups (broad SMARTS) is 1. The number of ether oxygens (including phenoxy) is 1. The van der Waals surface area contributed by atoms with E-state index in [2.05, 4.69) is 10.1 Å². The Morgan fingerprint density at radius 3 is 2.50 bits per heavy atom. The second-order valence-corrected chi connectivity index (χ2v) is 5.33. The highest BCUT2D eigenvalue weighted by Crippen LogP contribution is 2.32. The molecule has 1 fully saturated rings. The fourth-order valence-electron chi connectivity index (χ4n) is 2.31. The number of carboxylic acids is 1. The van der Waals surface area contributed by atoms with Gasteiger partial charge >= 0.3 is 5.97 Å². The molecule has 0 aliphatic heterocycles. The highest BCUT2D eigenvalue weighted by atomic mass is 19.3. The topological polar surface area (TPSA) is 75.6 Å². The zero-order chi connectivity index (χ0) is 15.2. The summed E-state index contributed by atoms with van der Waals surface area (Å²) in [5, 5.41) is 11.9. The molecule has 7 heteroatoms. The minimum absolute atomic E-state index is 0.114. The molecule has 1 rings (SSSR count). The normalized spacial score (nSPS) is 26.5. The fourth-order valence-corrected chi connectivity index (χ4v) is 2.31. The number of carbonyl (C=O) groups excluding carboxylic acids is 1. The van der Waals surface area contributed by atoms with Gasteiger partial charge in [0.25, 0.3) is 6.43 Å². The number of aliphatic carboxylic acids is 1. The molecule has 0 radical (unpaired) electrons. The third-order valence-electron chi connectivity index (χ3n) is 3.63. The first-order chi connectivity index (χ1) is 9.35. The van der Waals surface area contributed by atoms with Crippen LogP contribution >= 0.6 is 0 Å². The Hall–Kier alpha value is -1.24. The van der Waals surface area contributed by atoms with Crippen LogP contribution in [0.4, 0.5) is 8.78 Å². The Morgan fingerprint density at radius 2 is 2.00 bits per heavy atom. The van der Waals surface area contributed by atoms with E-state index in [1.54, 1.807) is 0 Å². The third kappa shape index (κ3) is 5.03. The van der Waals surface area contributed by atoms with Gasteiger partial charge in [-0.2, -0.15) is 0 Å². The quantitative estimate of drug-likeness (QED) is 0.702. The Kier molecular flexibility index (Phi) is 6.32. The van der Waals surface area contributed by atoms with Gasteiger partial charge in [0.2, 0.25) is 5.91 Å². The van der Waals surface area contributed by atoms with E-state index in [1.807, 2.05) is 6.92 Å². The van der Waals surface area contributed by atoms with Crippen molar-refractivity contribution in [2.24, 2.45) is 5.92 Å². The van der Waals surface area contributed by atoms with E-state index in [0.717, 1.165) is 12.8 Å². The van der Waals surface area contributed by atoms with Gasteiger partial charge in [0, 0.05) is 6.42 Å². The molecule has 0 unspecified atom stereocenters. The van der Waals surface area contributed by atoms with Crippen LogP contribution < -0.4 is 5.32 Å². The Morgan fingerprint density at radius 1 is 1.40 bits per heavy atom. The molecule has 0 heterocycles. The number of nitrogens with one attached hydrogen (secondary N) is 1. The molecule has 1 aliphatic rings. The molecule has 5 nitrogen and oxygen atoms in total. The molecule has 1 aliphatic carbocycles. The van der Waals surface area contributed by atoms with Crippen LogP contribution in [-0.4, -0.2) is 42.2 Å². The Bertz CT molecular complexity index is 341. The lowest BCUT2D eigenvalue weighted by Gasteiger charge is -2.36. The van der Waals surface area contributed by atoms with E-state index in [1.165, 1.54) is 0 Å². The number of amides is 1. The Labute approximate surface area is 116 Å². The van der Waals surface area contributed by atoms with Crippen LogP contribution in [0.1, 0.15) is 39.0 Å². The molecule has 1 saturated carbocycles. The van der Waals surface area contributed by atoms with Gasteiger partial charge in [-0.05, 0) is 31.6 Å². The first kappa shape index (κ1) is 16.8. The summed E-state index contributed by atoms with van der Waals surface area (Å²) >= 11 is 0. The van der Waals surface area contributed by atoms with E-state index in [4.69, 9.17) is 0 Å². The first-order valence-electron chi connectivity index (χ1n) is 6.76. The van der Waals surface area contributed by atoms with Gasteiger partial charge in [-0.25, -0.2) is 13.6 Å². The van der Waals surface area contributed by atoms with Gasteiger partial charge in [0.15, 0.2) is 0 Å². The highest BCUT2D eigenvalue weighted by molar-refractivity contribution is 5.87. The smallest absolute Gasteiger partial charge is 0.329 e. The van der Waals surface area contributed by atoms with Crippen molar-refractivity contribution in [2.45, 2.75) is 51.0 Å². The van der Waals surface area contributed by atoms with Crippen LogP contribution in [-0.2, 0) is 14.3 Å². The summed E-state index contributed by atoms with van der Waals surface area (Å²) in [5.74, 6) is -1.06. The molecule has 0 bridgehead atoms. The summed E-state index contributed by atoms with van der Waals surface area (Å²) in [5.41, 5.74) is -1.22. The minimum atomic E-state index is -2.57. The maximum atomic E-state index is 11.8. The van der Waals surface area contributed by atoms with E-state index in [-0.39, 0.29) is 13.0 Å². The number of hydrogen-bond acceptors (Lipinski definition) is 3. The molecule has 2 N–H and O–H groups in total. The van der Waals surface area contributed by atoms with E-state index in [9.17, 15) is 23.5 Å². The second kappa shape index (κ2) is 7.52. The molecule has 116 valence electrons. The number of alkyl halides is 2. The number of rotatable bonds is 7. The lowest BCUT2D eigenvalue weighted by Crippen LogP contribution is -2.56. The van der Waals surface area contributed by atoms with E-state index < -0.39 is 30.4 Å². The predicted octanol–water partition coefficient (Wildman–Crippen LogP) is 1.81. The van der Waals surface area contributed by atoms with Crippen molar-refractivity contribution < 1.29 is 28.2 Å². The molecular weight excluding hydrogens is 272 g/mol. The van der Waals surface area contributed by atoms with Crippen LogP contribution in [0, 0.1) is 5.92 Å². The second-order valence-electron chi connectivity index (χ2n) is 5.33. The fraction of sp³-hybridized carbons (Fsp3) is 0.846. The molecule has 0 saturated heterocycles. The van der Waals surface area contributed by atoms with Crippen LogP contribution in [0.2, 0.25) is 0 Å². The maximum absolute atomic E-state index is 11.8. The summed E-state index contributed by atoms with van der Waals surface area (Å²) in [7, 11) is 0. The summed E-state index contributed by atoms with van der Waals surface area (Å²) in [4.78, 5) is 23.1. The van der Waals surface area contributed by atoms with Crippen molar-refractivity contribution in [3.05, 3.63) is 0 Å². The molecule has 1 amide bonds. The number of carbonyl (C=O) groups is 2. The Balaban J connectivity index is 2.42. The zero-order valence-electron chi connectivity index (χ0n) is 11.5. The van der Waals surface area contributed by atoms with Gasteiger partial charge < -0.3 is 15.2 Å². The van der Waals surface area contributed by atoms with Gasteiger partial charge in [-0.15, -0.1) is 0 Å². The monoisotopic (exact) mass is 293 g/mol. The highest BCUT2D eigenvalue weighted by Gasteiger charge is 2.42. The summed E-state index contributed by atoms with van der Waals surface area (Å²) in [6, 6.07) is 0. The largest absolute Gasteiger partial charge is 0.480 e. The van der Waals surface area contributed by atoms with Gasteiger partial charge in [0.1, 0.15) is 12.1 Å². The molecular formula is C13H21F2NO4. The average molecular weight is 293 g/mol. The standard InChI is InChI=1S/C13H21F2NO4/c1-9-2-5-13(6-3-9,12(18)19)16-11(17)4-7-20-8-10(14)15/h9-10H,2-8H2,1H3,(H,16,17)(H,18,19). The van der Waals surface area contributed by atoms with Crippen molar-refractivity contribution >= 4 is 11.9 Å². The minimum Gasteiger partial charge on any atom is -0.480 e. The van der Waals surface area contributed by atoms with Crippen LogP contribution in [0.3, 0.4) is 0 Å². The van der Waals surface area contributed by atoms with E-state index in [0.29, 0.717) is 18.8 Å². The molecule has 0 spiro atoms. The third-order valence-corrected chi connectivity index (χ3v) is 3.63. The average Bonchev–Trinajstić information content (AvgIpc) is 2.37. The molecule has 0 atom stereocenters. The van der Waals surface area contributed by atoms with Gasteiger partial charge in [0.05, 0.1) is 6.61 Å². The SMILES string of the molecule is CC1CCC(NC(=O)CCOCC(F)F)(C(=O)O)CC1. The van der Waals surface area contributed by atoms with Gasteiger partial charge in [-0.1, -0.05) is 6.92 Å². The zero-order valence-corrected chi connectivity index (χ0v) is 11.5. The van der Waals surface area contributed by atoms with Gasteiger partial charge in [-0.3, -0.25) is 4.79 Å².